The van der Waals surface area contributed by atoms with Gasteiger partial charge in [0.2, 0.25) is 11.6 Å². The molecule has 25 heavy (non-hydrogen) atoms. The Hall–Kier alpha value is -2.57. The van der Waals surface area contributed by atoms with Crippen LogP contribution in [0.2, 0.25) is 10.0 Å². The molecule has 0 atom stereocenters. The Kier molecular flexibility index (Phi) is 4.07. The first-order valence-electron chi connectivity index (χ1n) is 7.55. The average molecular weight is 374 g/mol. The number of pyridine rings is 1. The van der Waals surface area contributed by atoms with Crippen molar-refractivity contribution in [2.75, 3.05) is 5.32 Å². The Morgan fingerprint density at radius 1 is 1.08 bits per heavy atom. The van der Waals surface area contributed by atoms with Crippen LogP contribution in [0.1, 0.15) is 11.4 Å². The molecule has 0 unspecified atom stereocenters. The maximum atomic E-state index is 6.02. The highest BCUT2D eigenvalue weighted by molar-refractivity contribution is 6.42. The van der Waals surface area contributed by atoms with E-state index in [1.54, 1.807) is 23.0 Å². The highest BCUT2D eigenvalue weighted by atomic mass is 35.5. The Labute approximate surface area is 153 Å². The molecule has 0 spiro atoms. The summed E-state index contributed by atoms with van der Waals surface area (Å²) in [4.78, 5) is 8.52. The molecule has 3 aromatic heterocycles. The van der Waals surface area contributed by atoms with Gasteiger partial charge in [-0.15, -0.1) is 5.10 Å². The van der Waals surface area contributed by atoms with Crippen LogP contribution in [0.3, 0.4) is 0 Å². The number of aryl methyl sites for hydroxylation is 1. The smallest absolute Gasteiger partial charge is 0.248 e. The van der Waals surface area contributed by atoms with E-state index in [0.717, 1.165) is 22.8 Å². The van der Waals surface area contributed by atoms with Crippen LogP contribution < -0.4 is 5.32 Å². The zero-order valence-electron chi connectivity index (χ0n) is 13.2. The molecule has 0 amide bonds. The Balaban J connectivity index is 1.48. The van der Waals surface area contributed by atoms with Gasteiger partial charge in [-0.1, -0.05) is 29.3 Å². The highest BCUT2D eigenvalue weighted by Gasteiger charge is 2.11. The van der Waals surface area contributed by atoms with Crippen LogP contribution in [0.4, 0.5) is 5.82 Å². The van der Waals surface area contributed by atoms with Crippen molar-refractivity contribution in [2.45, 2.75) is 13.5 Å². The van der Waals surface area contributed by atoms with Crippen LogP contribution in [0, 0.1) is 6.92 Å². The van der Waals surface area contributed by atoms with Gasteiger partial charge in [-0.2, -0.15) is 4.52 Å². The van der Waals surface area contributed by atoms with E-state index >= 15 is 0 Å². The molecule has 0 aliphatic rings. The first-order chi connectivity index (χ1) is 12.1. The summed E-state index contributed by atoms with van der Waals surface area (Å²) in [6.07, 6.45) is 3.36. The second-order valence-electron chi connectivity index (χ2n) is 5.50. The van der Waals surface area contributed by atoms with Crippen molar-refractivity contribution < 1.29 is 4.42 Å². The van der Waals surface area contributed by atoms with Crippen molar-refractivity contribution in [3.63, 3.8) is 0 Å². The van der Waals surface area contributed by atoms with Gasteiger partial charge in [0, 0.05) is 12.7 Å². The molecule has 6 nitrogen and oxygen atoms in total. The van der Waals surface area contributed by atoms with E-state index in [2.05, 4.69) is 20.4 Å². The molecule has 0 bridgehead atoms. The van der Waals surface area contributed by atoms with Gasteiger partial charge in [0.05, 0.1) is 21.8 Å². The fourth-order valence-electron chi connectivity index (χ4n) is 2.40. The van der Waals surface area contributed by atoms with E-state index in [1.807, 2.05) is 31.2 Å². The van der Waals surface area contributed by atoms with Crippen molar-refractivity contribution in [3.8, 4) is 11.5 Å². The number of nitrogens with one attached hydrogen (secondary N) is 1. The molecule has 1 N–H and O–H groups in total. The van der Waals surface area contributed by atoms with E-state index < -0.39 is 0 Å². The predicted octanol–water partition coefficient (Wildman–Crippen LogP) is 4.61. The number of hydrogen-bond donors (Lipinski definition) is 1. The van der Waals surface area contributed by atoms with Crippen molar-refractivity contribution in [2.24, 2.45) is 0 Å². The standard InChI is InChI=1S/C17H13Cl2N5O/c1-10-20-9-16-24(10)23-17(25-16)12-3-5-15(22-8-12)21-7-11-2-4-13(18)14(19)6-11/h2-6,8-9H,7H2,1H3,(H,21,22). The van der Waals surface area contributed by atoms with E-state index in [0.29, 0.717) is 28.2 Å². The minimum Gasteiger partial charge on any atom is -0.417 e. The Morgan fingerprint density at radius 2 is 1.96 bits per heavy atom. The normalized spacial score (nSPS) is 11.2. The quantitative estimate of drug-likeness (QED) is 0.565. The third-order valence-corrected chi connectivity index (χ3v) is 4.48. The lowest BCUT2D eigenvalue weighted by molar-refractivity contribution is 0.616. The lowest BCUT2D eigenvalue weighted by atomic mass is 10.2. The van der Waals surface area contributed by atoms with Crippen LogP contribution in [-0.4, -0.2) is 19.6 Å². The van der Waals surface area contributed by atoms with Crippen LogP contribution >= 0.6 is 23.2 Å². The molecule has 0 saturated heterocycles. The second kappa shape index (κ2) is 6.38. The Morgan fingerprint density at radius 3 is 2.68 bits per heavy atom. The lowest BCUT2D eigenvalue weighted by Crippen LogP contribution is -2.01. The van der Waals surface area contributed by atoms with Crippen molar-refractivity contribution in [1.29, 1.82) is 0 Å². The SMILES string of the molecule is Cc1ncc2oc(-c3ccc(NCc4ccc(Cl)c(Cl)c4)nc3)nn12. The monoisotopic (exact) mass is 373 g/mol. The number of benzene rings is 1. The molecule has 8 heteroatoms. The summed E-state index contributed by atoms with van der Waals surface area (Å²) in [5.41, 5.74) is 2.42. The largest absolute Gasteiger partial charge is 0.417 e. The van der Waals surface area contributed by atoms with E-state index in [-0.39, 0.29) is 0 Å². The molecule has 4 rings (SSSR count). The number of aromatic nitrogens is 4. The molecule has 0 aliphatic heterocycles. The lowest BCUT2D eigenvalue weighted by Gasteiger charge is -2.07. The number of rotatable bonds is 4. The van der Waals surface area contributed by atoms with Gasteiger partial charge < -0.3 is 9.73 Å². The summed E-state index contributed by atoms with van der Waals surface area (Å²) in [6, 6.07) is 9.30. The van der Waals surface area contributed by atoms with Gasteiger partial charge >= 0.3 is 0 Å². The molecule has 0 radical (unpaired) electrons. The summed E-state index contributed by atoms with van der Waals surface area (Å²) < 4.78 is 7.33. The van der Waals surface area contributed by atoms with Crippen molar-refractivity contribution in [3.05, 3.63) is 64.2 Å². The molecule has 0 saturated carbocycles. The highest BCUT2D eigenvalue weighted by Crippen LogP contribution is 2.24. The van der Waals surface area contributed by atoms with Gasteiger partial charge in [-0.05, 0) is 36.8 Å². The number of imidazole rings is 1. The molecule has 0 aliphatic carbocycles. The van der Waals surface area contributed by atoms with E-state index in [1.165, 1.54) is 0 Å². The minimum atomic E-state index is 0.504. The van der Waals surface area contributed by atoms with Gasteiger partial charge in [-0.3, -0.25) is 0 Å². The van der Waals surface area contributed by atoms with Crippen LogP contribution in [0.25, 0.3) is 17.2 Å². The zero-order chi connectivity index (χ0) is 17.4. The average Bonchev–Trinajstić information content (AvgIpc) is 3.19. The maximum Gasteiger partial charge on any atom is 0.248 e. The van der Waals surface area contributed by atoms with Gasteiger partial charge in [-0.25, -0.2) is 9.97 Å². The number of fused-ring (bicyclic) bond motifs is 1. The fraction of sp³-hybridized carbons (Fsp3) is 0.118. The van der Waals surface area contributed by atoms with Gasteiger partial charge in [0.25, 0.3) is 0 Å². The molecule has 1 aromatic carbocycles. The number of nitrogens with zero attached hydrogens (tertiary/aromatic N) is 4. The first kappa shape index (κ1) is 15.9. The van der Waals surface area contributed by atoms with Crippen LogP contribution in [-0.2, 0) is 6.54 Å². The van der Waals surface area contributed by atoms with Crippen LogP contribution in [0.5, 0.6) is 0 Å². The molecule has 126 valence electrons. The molecular weight excluding hydrogens is 361 g/mol. The topological polar surface area (TPSA) is 68.2 Å². The maximum absolute atomic E-state index is 6.02. The third kappa shape index (κ3) is 3.18. The summed E-state index contributed by atoms with van der Waals surface area (Å²) in [5.74, 6) is 2.02. The van der Waals surface area contributed by atoms with Crippen molar-refractivity contribution in [1.82, 2.24) is 19.6 Å². The second-order valence-corrected chi connectivity index (χ2v) is 6.31. The molecule has 0 fully saturated rings. The van der Waals surface area contributed by atoms with E-state index in [4.69, 9.17) is 27.6 Å². The predicted molar refractivity (Wildman–Crippen MR) is 97.0 cm³/mol. The first-order valence-corrected chi connectivity index (χ1v) is 8.31. The third-order valence-electron chi connectivity index (χ3n) is 3.74. The van der Waals surface area contributed by atoms with Crippen molar-refractivity contribution >= 4 is 34.7 Å². The fourth-order valence-corrected chi connectivity index (χ4v) is 2.72. The van der Waals surface area contributed by atoms with Gasteiger partial charge in [0.1, 0.15) is 11.6 Å². The number of anilines is 1. The number of halogens is 2. The summed E-state index contributed by atoms with van der Waals surface area (Å²) in [7, 11) is 0. The molecule has 4 aromatic rings. The molecular formula is C17H13Cl2N5O. The summed E-state index contributed by atoms with van der Waals surface area (Å²) >= 11 is 11.9. The molecule has 3 heterocycles. The van der Waals surface area contributed by atoms with Gasteiger partial charge in [0.15, 0.2) is 0 Å². The number of hydrogen-bond acceptors (Lipinski definition) is 5. The minimum absolute atomic E-state index is 0.504. The van der Waals surface area contributed by atoms with Crippen LogP contribution in [0.15, 0.2) is 47.1 Å². The summed E-state index contributed by atoms with van der Waals surface area (Å²) in [6.45, 7) is 2.46. The zero-order valence-corrected chi connectivity index (χ0v) is 14.7. The summed E-state index contributed by atoms with van der Waals surface area (Å²) in [5, 5.41) is 8.70. The van der Waals surface area contributed by atoms with E-state index in [9.17, 15) is 0 Å². The Bertz CT molecular complexity index is 1040.